The number of halogens is 3. The molecular formula is C12H22F3NS. The van der Waals surface area contributed by atoms with Crippen molar-refractivity contribution >= 4 is 11.8 Å². The largest absolute Gasteiger partial charge is 0.441 e. The Kier molecular flexibility index (Phi) is 6.70. The summed E-state index contributed by atoms with van der Waals surface area (Å²) in [4.78, 5) is 0. The van der Waals surface area contributed by atoms with E-state index in [1.165, 1.54) is 25.7 Å². The van der Waals surface area contributed by atoms with Crippen molar-refractivity contribution in [3.8, 4) is 0 Å². The number of alkyl halides is 3. The summed E-state index contributed by atoms with van der Waals surface area (Å²) in [7, 11) is 1.92. The minimum Gasteiger partial charge on any atom is -0.319 e. The van der Waals surface area contributed by atoms with Crippen LogP contribution in [0.5, 0.6) is 0 Å². The summed E-state index contributed by atoms with van der Waals surface area (Å²) in [6.45, 7) is 0.946. The first-order chi connectivity index (χ1) is 8.03. The Labute approximate surface area is 106 Å². The van der Waals surface area contributed by atoms with Crippen molar-refractivity contribution in [2.45, 2.75) is 44.0 Å². The highest BCUT2D eigenvalue weighted by Gasteiger charge is 2.29. The molecule has 1 fully saturated rings. The topological polar surface area (TPSA) is 12.0 Å². The number of rotatable bonds is 5. The normalized spacial score (nSPS) is 26.8. The molecule has 0 amide bonds. The maximum absolute atomic E-state index is 12.1. The predicted octanol–water partition coefficient (Wildman–Crippen LogP) is 4.05. The van der Waals surface area contributed by atoms with Crippen molar-refractivity contribution in [1.29, 1.82) is 0 Å². The number of nitrogens with one attached hydrogen (secondary N) is 1. The summed E-state index contributed by atoms with van der Waals surface area (Å²) in [5.41, 5.74) is -4.07. The maximum atomic E-state index is 12.1. The van der Waals surface area contributed by atoms with Crippen LogP contribution >= 0.6 is 11.8 Å². The second-order valence-corrected chi connectivity index (χ2v) is 5.96. The Hall–Kier alpha value is 0.100. The molecule has 1 rings (SSSR count). The van der Waals surface area contributed by atoms with E-state index < -0.39 is 5.51 Å². The number of hydrogen-bond acceptors (Lipinski definition) is 2. The van der Waals surface area contributed by atoms with Gasteiger partial charge >= 0.3 is 5.51 Å². The van der Waals surface area contributed by atoms with Gasteiger partial charge < -0.3 is 5.32 Å². The van der Waals surface area contributed by atoms with Gasteiger partial charge in [-0.15, -0.1) is 0 Å². The minimum absolute atomic E-state index is 0.134. The molecule has 1 nitrogen and oxygen atoms in total. The fourth-order valence-corrected chi connectivity index (χ4v) is 3.35. The van der Waals surface area contributed by atoms with E-state index in [-0.39, 0.29) is 17.5 Å². The summed E-state index contributed by atoms with van der Waals surface area (Å²) in [5.74, 6) is 1.25. The molecule has 1 aliphatic rings. The van der Waals surface area contributed by atoms with Gasteiger partial charge in [0.05, 0.1) is 0 Å². The molecule has 0 radical (unpaired) electrons. The zero-order valence-corrected chi connectivity index (χ0v) is 11.2. The molecule has 0 bridgehead atoms. The first-order valence-corrected chi connectivity index (χ1v) is 7.37. The van der Waals surface area contributed by atoms with Gasteiger partial charge in [-0.05, 0) is 38.3 Å². The van der Waals surface area contributed by atoms with Crippen LogP contribution in [-0.2, 0) is 0 Å². The minimum atomic E-state index is -4.07. The Morgan fingerprint density at radius 1 is 1.12 bits per heavy atom. The Morgan fingerprint density at radius 2 is 1.76 bits per heavy atom. The zero-order chi connectivity index (χ0) is 12.7. The summed E-state index contributed by atoms with van der Waals surface area (Å²) in [6.07, 6.45) is 6.63. The lowest BCUT2D eigenvalue weighted by Gasteiger charge is -2.25. The predicted molar refractivity (Wildman–Crippen MR) is 67.1 cm³/mol. The summed E-state index contributed by atoms with van der Waals surface area (Å²) < 4.78 is 36.3. The van der Waals surface area contributed by atoms with E-state index in [0.29, 0.717) is 18.3 Å². The SMILES string of the molecule is CNCC1CCCCCC1CCSC(F)(F)F. The van der Waals surface area contributed by atoms with Crippen molar-refractivity contribution in [3.05, 3.63) is 0 Å². The number of thioether (sulfide) groups is 1. The van der Waals surface area contributed by atoms with E-state index in [2.05, 4.69) is 5.32 Å². The van der Waals surface area contributed by atoms with Gasteiger partial charge in [-0.1, -0.05) is 37.4 Å². The molecule has 0 aliphatic heterocycles. The van der Waals surface area contributed by atoms with Gasteiger partial charge in [-0.2, -0.15) is 13.2 Å². The van der Waals surface area contributed by atoms with E-state index in [9.17, 15) is 13.2 Å². The van der Waals surface area contributed by atoms with E-state index in [1.807, 2.05) is 7.05 Å². The Balaban J connectivity index is 2.35. The van der Waals surface area contributed by atoms with Gasteiger partial charge in [0.25, 0.3) is 0 Å². The van der Waals surface area contributed by atoms with Crippen LogP contribution in [0.4, 0.5) is 13.2 Å². The van der Waals surface area contributed by atoms with Crippen molar-refractivity contribution in [2.24, 2.45) is 11.8 Å². The molecule has 0 saturated heterocycles. The molecule has 0 aromatic rings. The van der Waals surface area contributed by atoms with Gasteiger partial charge in [0.1, 0.15) is 0 Å². The first-order valence-electron chi connectivity index (χ1n) is 6.38. The molecule has 1 N–H and O–H groups in total. The fourth-order valence-electron chi connectivity index (χ4n) is 2.70. The zero-order valence-electron chi connectivity index (χ0n) is 10.4. The van der Waals surface area contributed by atoms with Crippen LogP contribution in [0.3, 0.4) is 0 Å². The number of hydrogen-bond donors (Lipinski definition) is 1. The molecule has 102 valence electrons. The highest BCUT2D eigenvalue weighted by molar-refractivity contribution is 8.00. The lowest BCUT2D eigenvalue weighted by molar-refractivity contribution is -0.0328. The molecule has 0 aromatic heterocycles. The molecule has 2 unspecified atom stereocenters. The molecule has 0 aromatic carbocycles. The molecule has 0 heterocycles. The lowest BCUT2D eigenvalue weighted by Crippen LogP contribution is -2.26. The van der Waals surface area contributed by atoms with Gasteiger partial charge in [-0.3, -0.25) is 0 Å². The smallest absolute Gasteiger partial charge is 0.319 e. The third-order valence-corrected chi connectivity index (χ3v) is 4.30. The van der Waals surface area contributed by atoms with Crippen LogP contribution in [0.15, 0.2) is 0 Å². The average Bonchev–Trinajstić information content (AvgIpc) is 2.43. The summed E-state index contributed by atoms with van der Waals surface area (Å²) in [6, 6.07) is 0. The Morgan fingerprint density at radius 3 is 2.35 bits per heavy atom. The lowest BCUT2D eigenvalue weighted by atomic mass is 9.86. The molecule has 5 heteroatoms. The van der Waals surface area contributed by atoms with Crippen molar-refractivity contribution in [2.75, 3.05) is 19.3 Å². The average molecular weight is 269 g/mol. The van der Waals surface area contributed by atoms with Gasteiger partial charge in [0, 0.05) is 5.75 Å². The van der Waals surface area contributed by atoms with Gasteiger partial charge in [0.2, 0.25) is 0 Å². The monoisotopic (exact) mass is 269 g/mol. The molecule has 2 atom stereocenters. The molecule has 1 aliphatic carbocycles. The van der Waals surface area contributed by atoms with E-state index in [0.717, 1.165) is 13.0 Å². The van der Waals surface area contributed by atoms with Crippen LogP contribution in [0.25, 0.3) is 0 Å². The second-order valence-electron chi connectivity index (χ2n) is 4.80. The Bertz CT molecular complexity index is 208. The van der Waals surface area contributed by atoms with Crippen LogP contribution in [0, 0.1) is 11.8 Å². The fraction of sp³-hybridized carbons (Fsp3) is 1.00. The van der Waals surface area contributed by atoms with Crippen molar-refractivity contribution in [3.63, 3.8) is 0 Å². The second kappa shape index (κ2) is 7.52. The first kappa shape index (κ1) is 15.2. The highest BCUT2D eigenvalue weighted by atomic mass is 32.2. The van der Waals surface area contributed by atoms with Crippen LogP contribution in [-0.4, -0.2) is 24.9 Å². The maximum Gasteiger partial charge on any atom is 0.441 e. The van der Waals surface area contributed by atoms with Crippen LogP contribution < -0.4 is 5.32 Å². The summed E-state index contributed by atoms with van der Waals surface area (Å²) in [5, 5.41) is 3.17. The molecule has 1 saturated carbocycles. The third-order valence-electron chi connectivity index (χ3n) is 3.54. The van der Waals surface area contributed by atoms with Crippen LogP contribution in [0.1, 0.15) is 38.5 Å². The van der Waals surface area contributed by atoms with Gasteiger partial charge in [0.15, 0.2) is 0 Å². The molecule has 0 spiro atoms. The van der Waals surface area contributed by atoms with Crippen molar-refractivity contribution < 1.29 is 13.2 Å². The summed E-state index contributed by atoms with van der Waals surface area (Å²) >= 11 is 0.134. The molecular weight excluding hydrogens is 247 g/mol. The standard InChI is InChI=1S/C12H22F3NS/c1-16-9-11-6-4-2-3-5-10(11)7-8-17-12(13,14)15/h10-11,16H,2-9H2,1H3. The quantitative estimate of drug-likeness (QED) is 0.756. The third kappa shape index (κ3) is 6.55. The van der Waals surface area contributed by atoms with E-state index in [1.54, 1.807) is 0 Å². The highest BCUT2D eigenvalue weighted by Crippen LogP contribution is 2.35. The van der Waals surface area contributed by atoms with Gasteiger partial charge in [-0.25, -0.2) is 0 Å². The van der Waals surface area contributed by atoms with Crippen molar-refractivity contribution in [1.82, 2.24) is 5.32 Å². The van der Waals surface area contributed by atoms with Crippen LogP contribution in [0.2, 0.25) is 0 Å². The van der Waals surface area contributed by atoms with E-state index >= 15 is 0 Å². The molecule has 17 heavy (non-hydrogen) atoms. The van der Waals surface area contributed by atoms with E-state index in [4.69, 9.17) is 0 Å².